The molecule has 0 atom stereocenters. The lowest BCUT2D eigenvalue weighted by Crippen LogP contribution is -2.22. The van der Waals surface area contributed by atoms with E-state index in [1.807, 2.05) is 0 Å². The first kappa shape index (κ1) is 30.1. The van der Waals surface area contributed by atoms with Crippen LogP contribution in [-0.2, 0) is 6.54 Å². The molecule has 0 aliphatic rings. The number of aliphatic hydroxyl groups excluding tert-OH is 2. The first-order valence-corrected chi connectivity index (χ1v) is 13.2. The SMILES string of the molecule is COc1nc(N(CCCO)c2cnc(Cl)s2)c([N+](=O)[O-])c(C)c1C.OCCCNCc1cnc(Cl)s1. The van der Waals surface area contributed by atoms with Crippen molar-refractivity contribution in [1.29, 1.82) is 0 Å². The zero-order valence-electron chi connectivity index (χ0n) is 20.0. The highest BCUT2D eigenvalue weighted by Crippen LogP contribution is 2.41. The highest BCUT2D eigenvalue weighted by atomic mass is 35.5. The molecule has 3 rings (SSSR count). The summed E-state index contributed by atoms with van der Waals surface area (Å²) < 4.78 is 6.14. The fourth-order valence-corrected chi connectivity index (χ4v) is 4.95. The number of halogens is 2. The fraction of sp³-hybridized carbons (Fsp3) is 0.476. The second kappa shape index (κ2) is 15.2. The summed E-state index contributed by atoms with van der Waals surface area (Å²) in [6, 6.07) is 0. The van der Waals surface area contributed by atoms with E-state index in [2.05, 4.69) is 20.3 Å². The maximum atomic E-state index is 11.6. The predicted molar refractivity (Wildman–Crippen MR) is 143 cm³/mol. The topological polar surface area (TPSA) is 147 Å². The number of rotatable bonds is 12. The van der Waals surface area contributed by atoms with Gasteiger partial charge in [-0.15, -0.1) is 11.3 Å². The molecule has 0 spiro atoms. The number of pyridine rings is 1. The third-order valence-electron chi connectivity index (χ3n) is 4.90. The van der Waals surface area contributed by atoms with Gasteiger partial charge in [0.25, 0.3) is 0 Å². The average molecular weight is 580 g/mol. The van der Waals surface area contributed by atoms with E-state index in [4.69, 9.17) is 38.2 Å². The summed E-state index contributed by atoms with van der Waals surface area (Å²) in [6.07, 6.45) is 4.48. The fourth-order valence-electron chi connectivity index (χ4n) is 3.04. The quantitative estimate of drug-likeness (QED) is 0.159. The second-order valence-electron chi connectivity index (χ2n) is 7.31. The van der Waals surface area contributed by atoms with Crippen LogP contribution in [-0.4, -0.2) is 63.5 Å². The molecule has 36 heavy (non-hydrogen) atoms. The molecule has 0 bridgehead atoms. The van der Waals surface area contributed by atoms with Gasteiger partial charge < -0.3 is 25.2 Å². The molecule has 3 aromatic heterocycles. The standard InChI is InChI=1S/C14H17ClN4O4S.C7H11ClN2OS/c1-8-9(2)13(23-3)17-12(11(8)19(21)22)18(5-4-6-20)10-7-16-14(15)24-10;8-7-10-5-6(12-7)4-9-2-1-3-11/h7,20H,4-6H2,1-3H3;5,9,11H,1-4H2. The minimum atomic E-state index is -0.460. The number of nitrogens with one attached hydrogen (secondary N) is 1. The van der Waals surface area contributed by atoms with Gasteiger partial charge in [0.1, 0.15) is 5.00 Å². The molecule has 0 unspecified atom stereocenters. The van der Waals surface area contributed by atoms with Gasteiger partial charge in [-0.25, -0.2) is 9.97 Å². The Morgan fingerprint density at radius 3 is 2.31 bits per heavy atom. The van der Waals surface area contributed by atoms with Crippen molar-refractivity contribution in [3.8, 4) is 5.88 Å². The van der Waals surface area contributed by atoms with Gasteiger partial charge in [-0.05, 0) is 33.2 Å². The number of methoxy groups -OCH3 is 1. The molecule has 0 aliphatic heterocycles. The second-order valence-corrected chi connectivity index (χ2v) is 10.6. The Morgan fingerprint density at radius 1 is 1.11 bits per heavy atom. The Kier molecular flexibility index (Phi) is 12.7. The summed E-state index contributed by atoms with van der Waals surface area (Å²) in [4.78, 5) is 26.1. The van der Waals surface area contributed by atoms with E-state index in [1.54, 1.807) is 24.9 Å². The summed E-state index contributed by atoms with van der Waals surface area (Å²) in [7, 11) is 1.46. The first-order chi connectivity index (χ1) is 17.2. The molecule has 0 amide bonds. The molecule has 3 heterocycles. The number of hydrogen-bond donors (Lipinski definition) is 3. The van der Waals surface area contributed by atoms with E-state index in [0.717, 1.165) is 24.4 Å². The average Bonchev–Trinajstić information content (AvgIpc) is 3.47. The number of ether oxygens (including phenoxy) is 1. The van der Waals surface area contributed by atoms with Crippen LogP contribution in [0.25, 0.3) is 0 Å². The van der Waals surface area contributed by atoms with E-state index < -0.39 is 4.92 Å². The van der Waals surface area contributed by atoms with Gasteiger partial charge in [-0.3, -0.25) is 10.1 Å². The number of aliphatic hydroxyl groups is 2. The molecule has 0 saturated heterocycles. The molecule has 11 nitrogen and oxygen atoms in total. The largest absolute Gasteiger partial charge is 0.481 e. The molecule has 15 heteroatoms. The van der Waals surface area contributed by atoms with Gasteiger partial charge in [0, 0.05) is 48.5 Å². The number of nitro groups is 1. The summed E-state index contributed by atoms with van der Waals surface area (Å²) in [5, 5.41) is 33.0. The summed E-state index contributed by atoms with van der Waals surface area (Å²) >= 11 is 14.2. The molecular weight excluding hydrogens is 551 g/mol. The van der Waals surface area contributed by atoms with E-state index in [0.29, 0.717) is 43.9 Å². The Bertz CT molecular complexity index is 1130. The van der Waals surface area contributed by atoms with Crippen LogP contribution < -0.4 is 15.0 Å². The van der Waals surface area contributed by atoms with Crippen molar-refractivity contribution >= 4 is 62.4 Å². The van der Waals surface area contributed by atoms with Gasteiger partial charge in [0.2, 0.25) is 11.7 Å². The zero-order chi connectivity index (χ0) is 26.7. The minimum Gasteiger partial charge on any atom is -0.481 e. The maximum Gasteiger partial charge on any atom is 0.315 e. The van der Waals surface area contributed by atoms with Crippen molar-refractivity contribution in [2.45, 2.75) is 33.2 Å². The maximum absolute atomic E-state index is 11.6. The van der Waals surface area contributed by atoms with E-state index in [1.165, 1.54) is 36.0 Å². The third kappa shape index (κ3) is 8.47. The van der Waals surface area contributed by atoms with Crippen molar-refractivity contribution in [1.82, 2.24) is 20.3 Å². The predicted octanol–water partition coefficient (Wildman–Crippen LogP) is 4.51. The lowest BCUT2D eigenvalue weighted by atomic mass is 10.1. The molecule has 3 aromatic rings. The van der Waals surface area contributed by atoms with Gasteiger partial charge in [-0.1, -0.05) is 34.5 Å². The molecule has 0 saturated carbocycles. The number of aromatic nitrogens is 3. The van der Waals surface area contributed by atoms with Crippen molar-refractivity contribution in [2.24, 2.45) is 0 Å². The summed E-state index contributed by atoms with van der Waals surface area (Å²) in [5.74, 6) is 0.464. The van der Waals surface area contributed by atoms with E-state index >= 15 is 0 Å². The van der Waals surface area contributed by atoms with Crippen LogP contribution in [0.15, 0.2) is 12.4 Å². The van der Waals surface area contributed by atoms with Crippen LogP contribution in [0, 0.1) is 24.0 Å². The number of hydrogen-bond acceptors (Lipinski definition) is 12. The Morgan fingerprint density at radius 2 is 1.78 bits per heavy atom. The monoisotopic (exact) mass is 578 g/mol. The van der Waals surface area contributed by atoms with Crippen molar-refractivity contribution < 1.29 is 19.9 Å². The summed E-state index contributed by atoms with van der Waals surface area (Å²) in [5.41, 5.74) is 0.986. The normalized spacial score (nSPS) is 10.6. The molecule has 0 aliphatic carbocycles. The third-order valence-corrected chi connectivity index (χ3v) is 7.15. The Hall–Kier alpha value is -2.13. The molecule has 3 N–H and O–H groups in total. The number of anilines is 2. The van der Waals surface area contributed by atoms with Crippen molar-refractivity contribution in [3.63, 3.8) is 0 Å². The van der Waals surface area contributed by atoms with E-state index in [-0.39, 0.29) is 24.7 Å². The van der Waals surface area contributed by atoms with Crippen LogP contribution in [0.5, 0.6) is 5.88 Å². The van der Waals surface area contributed by atoms with Gasteiger partial charge in [0.05, 0.1) is 18.2 Å². The molecular formula is C21H28Cl2N6O5S2. The lowest BCUT2D eigenvalue weighted by Gasteiger charge is -2.23. The molecule has 0 aromatic carbocycles. The molecule has 0 radical (unpaired) electrons. The number of thiazole rings is 2. The van der Waals surface area contributed by atoms with Crippen molar-refractivity contribution in [2.75, 3.05) is 38.3 Å². The van der Waals surface area contributed by atoms with Crippen LogP contribution in [0.4, 0.5) is 16.5 Å². The summed E-state index contributed by atoms with van der Waals surface area (Å²) in [6.45, 7) is 5.49. The molecule has 0 fully saturated rings. The van der Waals surface area contributed by atoms with Crippen LogP contribution in [0.3, 0.4) is 0 Å². The first-order valence-electron chi connectivity index (χ1n) is 10.8. The van der Waals surface area contributed by atoms with Crippen LogP contribution >= 0.6 is 45.9 Å². The smallest absolute Gasteiger partial charge is 0.315 e. The van der Waals surface area contributed by atoms with Crippen LogP contribution in [0.2, 0.25) is 8.93 Å². The van der Waals surface area contributed by atoms with Crippen LogP contribution in [0.1, 0.15) is 28.8 Å². The highest BCUT2D eigenvalue weighted by Gasteiger charge is 2.29. The van der Waals surface area contributed by atoms with Gasteiger partial charge in [-0.2, -0.15) is 4.98 Å². The van der Waals surface area contributed by atoms with Gasteiger partial charge >= 0.3 is 5.69 Å². The minimum absolute atomic E-state index is 0.0567. The van der Waals surface area contributed by atoms with E-state index in [9.17, 15) is 10.1 Å². The Labute approximate surface area is 226 Å². The molecule has 198 valence electrons. The lowest BCUT2D eigenvalue weighted by molar-refractivity contribution is -0.384. The number of nitrogens with zero attached hydrogens (tertiary/aromatic N) is 5. The Balaban J connectivity index is 0.000000319. The highest BCUT2D eigenvalue weighted by molar-refractivity contribution is 7.19. The zero-order valence-corrected chi connectivity index (χ0v) is 23.2. The van der Waals surface area contributed by atoms with Gasteiger partial charge in [0.15, 0.2) is 8.93 Å². The van der Waals surface area contributed by atoms with Crippen molar-refractivity contribution in [3.05, 3.63) is 47.4 Å².